The van der Waals surface area contributed by atoms with Crippen molar-refractivity contribution in [1.82, 2.24) is 4.90 Å². The van der Waals surface area contributed by atoms with E-state index in [4.69, 9.17) is 4.74 Å². The lowest BCUT2D eigenvalue weighted by Gasteiger charge is -2.38. The molecule has 1 saturated heterocycles. The van der Waals surface area contributed by atoms with E-state index in [1.807, 2.05) is 54.6 Å². The topological polar surface area (TPSA) is 61.8 Å². The number of rotatable bonds is 4. The van der Waals surface area contributed by atoms with E-state index in [2.05, 4.69) is 5.32 Å². The normalized spacial score (nSPS) is 19.4. The average molecular weight is 380 g/mol. The van der Waals surface area contributed by atoms with Crippen LogP contribution in [-0.2, 0) is 5.60 Å². The Morgan fingerprint density at radius 3 is 2.46 bits per heavy atom. The molecule has 5 heteroatoms. The molecule has 2 aromatic rings. The van der Waals surface area contributed by atoms with Crippen molar-refractivity contribution in [2.24, 2.45) is 0 Å². The average Bonchev–Trinajstić information content (AvgIpc) is 3.22. The van der Waals surface area contributed by atoms with Crippen LogP contribution in [0.15, 0.2) is 54.6 Å². The maximum absolute atomic E-state index is 12.7. The fraction of sp³-hybridized carbons (Fsp3) is 0.435. The Labute approximate surface area is 166 Å². The highest BCUT2D eigenvalue weighted by atomic mass is 16.5. The summed E-state index contributed by atoms with van der Waals surface area (Å²) in [6, 6.07) is 17.2. The molecule has 4 rings (SSSR count). The van der Waals surface area contributed by atoms with Gasteiger partial charge in [-0.25, -0.2) is 4.79 Å². The number of urea groups is 1. The standard InChI is InChI=1S/C23H28N2O3/c26-22(24-19-9-6-12-21(17-19)28-20-10-4-5-11-20)25-15-13-23(27,14-16-25)18-7-2-1-3-8-18/h1-3,6-9,12,17,20,27H,4-5,10-11,13-16H2,(H,24,26). The molecule has 1 aliphatic carbocycles. The highest BCUT2D eigenvalue weighted by Gasteiger charge is 2.35. The lowest BCUT2D eigenvalue weighted by Crippen LogP contribution is -2.46. The number of nitrogens with one attached hydrogen (secondary N) is 1. The summed E-state index contributed by atoms with van der Waals surface area (Å²) in [7, 11) is 0. The molecule has 0 aromatic heterocycles. The zero-order chi connectivity index (χ0) is 19.4. The van der Waals surface area contributed by atoms with Crippen LogP contribution in [0.25, 0.3) is 0 Å². The van der Waals surface area contributed by atoms with Crippen LogP contribution in [0, 0.1) is 0 Å². The summed E-state index contributed by atoms with van der Waals surface area (Å²) in [5, 5.41) is 13.9. The third-order valence-corrected chi connectivity index (χ3v) is 5.88. The predicted molar refractivity (Wildman–Crippen MR) is 109 cm³/mol. The fourth-order valence-corrected chi connectivity index (χ4v) is 4.17. The van der Waals surface area contributed by atoms with Crippen molar-refractivity contribution in [3.05, 3.63) is 60.2 Å². The number of hydrogen-bond donors (Lipinski definition) is 2. The van der Waals surface area contributed by atoms with Gasteiger partial charge in [0.05, 0.1) is 11.7 Å². The van der Waals surface area contributed by atoms with Crippen molar-refractivity contribution in [2.75, 3.05) is 18.4 Å². The molecule has 0 spiro atoms. The van der Waals surface area contributed by atoms with Crippen molar-refractivity contribution >= 4 is 11.7 Å². The van der Waals surface area contributed by atoms with E-state index < -0.39 is 5.60 Å². The molecular formula is C23H28N2O3. The van der Waals surface area contributed by atoms with Crippen LogP contribution in [0.5, 0.6) is 5.75 Å². The van der Waals surface area contributed by atoms with Crippen LogP contribution in [0.3, 0.4) is 0 Å². The summed E-state index contributed by atoms with van der Waals surface area (Å²) in [5.41, 5.74) is 0.809. The van der Waals surface area contributed by atoms with Crippen LogP contribution >= 0.6 is 0 Å². The second-order valence-corrected chi connectivity index (χ2v) is 7.87. The van der Waals surface area contributed by atoms with E-state index in [-0.39, 0.29) is 6.03 Å². The van der Waals surface area contributed by atoms with Gasteiger partial charge >= 0.3 is 6.03 Å². The van der Waals surface area contributed by atoms with Crippen molar-refractivity contribution < 1.29 is 14.6 Å². The van der Waals surface area contributed by atoms with Crippen molar-refractivity contribution in [3.63, 3.8) is 0 Å². The van der Waals surface area contributed by atoms with Gasteiger partial charge in [0.2, 0.25) is 0 Å². The van der Waals surface area contributed by atoms with Crippen molar-refractivity contribution in [1.29, 1.82) is 0 Å². The Kier molecular flexibility index (Phi) is 5.53. The first-order valence-corrected chi connectivity index (χ1v) is 10.2. The number of carbonyl (C=O) groups excluding carboxylic acids is 1. The number of hydrogen-bond acceptors (Lipinski definition) is 3. The highest BCUT2D eigenvalue weighted by Crippen LogP contribution is 2.33. The number of anilines is 1. The summed E-state index contributed by atoms with van der Waals surface area (Å²) < 4.78 is 6.02. The maximum atomic E-state index is 12.7. The predicted octanol–water partition coefficient (Wildman–Crippen LogP) is 4.52. The molecule has 0 radical (unpaired) electrons. The van der Waals surface area contributed by atoms with Gasteiger partial charge in [-0.1, -0.05) is 36.4 Å². The minimum absolute atomic E-state index is 0.131. The van der Waals surface area contributed by atoms with E-state index in [9.17, 15) is 9.90 Å². The van der Waals surface area contributed by atoms with Gasteiger partial charge in [-0.3, -0.25) is 0 Å². The number of nitrogens with zero attached hydrogens (tertiary/aromatic N) is 1. The molecule has 1 saturated carbocycles. The van der Waals surface area contributed by atoms with Gasteiger partial charge in [0, 0.05) is 24.8 Å². The first kappa shape index (κ1) is 18.8. The number of amides is 2. The van der Waals surface area contributed by atoms with E-state index in [1.54, 1.807) is 4.90 Å². The van der Waals surface area contributed by atoms with Crippen molar-refractivity contribution in [2.45, 2.75) is 50.2 Å². The van der Waals surface area contributed by atoms with Crippen molar-refractivity contribution in [3.8, 4) is 5.75 Å². The zero-order valence-electron chi connectivity index (χ0n) is 16.1. The Hall–Kier alpha value is -2.53. The van der Waals surface area contributed by atoms with Gasteiger partial charge in [-0.05, 0) is 56.2 Å². The second-order valence-electron chi connectivity index (χ2n) is 7.87. The van der Waals surface area contributed by atoms with E-state index in [0.717, 1.165) is 29.8 Å². The third kappa shape index (κ3) is 4.30. The lowest BCUT2D eigenvalue weighted by atomic mass is 9.84. The molecule has 2 N–H and O–H groups in total. The van der Waals surface area contributed by atoms with Crippen LogP contribution in [-0.4, -0.2) is 35.2 Å². The molecule has 0 bridgehead atoms. The van der Waals surface area contributed by atoms with E-state index >= 15 is 0 Å². The summed E-state index contributed by atoms with van der Waals surface area (Å²) >= 11 is 0. The molecular weight excluding hydrogens is 352 g/mol. The molecule has 2 aliphatic rings. The Morgan fingerprint density at radius 1 is 1.04 bits per heavy atom. The molecule has 0 unspecified atom stereocenters. The largest absolute Gasteiger partial charge is 0.490 e. The molecule has 28 heavy (non-hydrogen) atoms. The molecule has 1 aliphatic heterocycles. The van der Waals surface area contributed by atoms with Gasteiger partial charge in [0.25, 0.3) is 0 Å². The number of carbonyl (C=O) groups is 1. The number of likely N-dealkylation sites (tertiary alicyclic amines) is 1. The molecule has 0 atom stereocenters. The van der Waals surface area contributed by atoms with Crippen LogP contribution in [0.2, 0.25) is 0 Å². The minimum Gasteiger partial charge on any atom is -0.490 e. The maximum Gasteiger partial charge on any atom is 0.321 e. The minimum atomic E-state index is -0.854. The van der Waals surface area contributed by atoms with Gasteiger partial charge < -0.3 is 20.1 Å². The molecule has 2 aromatic carbocycles. The molecule has 2 fully saturated rings. The summed E-state index contributed by atoms with van der Waals surface area (Å²) in [4.78, 5) is 14.4. The SMILES string of the molecule is O=C(Nc1cccc(OC2CCCC2)c1)N1CCC(O)(c2ccccc2)CC1. The number of aliphatic hydroxyl groups is 1. The fourth-order valence-electron chi connectivity index (χ4n) is 4.17. The lowest BCUT2D eigenvalue weighted by molar-refractivity contribution is -0.0156. The zero-order valence-corrected chi connectivity index (χ0v) is 16.1. The Bertz CT molecular complexity index is 795. The Morgan fingerprint density at radius 2 is 1.75 bits per heavy atom. The van der Waals surface area contributed by atoms with Gasteiger partial charge in [0.1, 0.15) is 5.75 Å². The third-order valence-electron chi connectivity index (χ3n) is 5.88. The van der Waals surface area contributed by atoms with Crippen LogP contribution in [0.1, 0.15) is 44.1 Å². The number of piperidine rings is 1. The smallest absolute Gasteiger partial charge is 0.321 e. The monoisotopic (exact) mass is 380 g/mol. The number of benzene rings is 2. The van der Waals surface area contributed by atoms with Crippen LogP contribution < -0.4 is 10.1 Å². The molecule has 5 nitrogen and oxygen atoms in total. The van der Waals surface area contributed by atoms with Crippen LogP contribution in [0.4, 0.5) is 10.5 Å². The summed E-state index contributed by atoms with van der Waals surface area (Å²) in [6.07, 6.45) is 6.04. The molecule has 1 heterocycles. The quantitative estimate of drug-likeness (QED) is 0.820. The van der Waals surface area contributed by atoms with Gasteiger partial charge in [-0.2, -0.15) is 0 Å². The first-order valence-electron chi connectivity index (χ1n) is 10.2. The summed E-state index contributed by atoms with van der Waals surface area (Å²) in [6.45, 7) is 1.05. The molecule has 148 valence electrons. The number of ether oxygens (including phenoxy) is 1. The Balaban J connectivity index is 1.33. The van der Waals surface area contributed by atoms with E-state index in [0.29, 0.717) is 32.0 Å². The highest BCUT2D eigenvalue weighted by molar-refractivity contribution is 5.89. The summed E-state index contributed by atoms with van der Waals surface area (Å²) in [5.74, 6) is 0.807. The van der Waals surface area contributed by atoms with Gasteiger partial charge in [-0.15, -0.1) is 0 Å². The second kappa shape index (κ2) is 8.23. The van der Waals surface area contributed by atoms with E-state index in [1.165, 1.54) is 12.8 Å². The first-order chi connectivity index (χ1) is 13.6. The molecule has 2 amide bonds. The van der Waals surface area contributed by atoms with Gasteiger partial charge in [0.15, 0.2) is 0 Å².